The number of hydrogen-bond donors (Lipinski definition) is 4. The van der Waals surface area contributed by atoms with Crippen LogP contribution < -0.4 is 21.7 Å². The van der Waals surface area contributed by atoms with Crippen LogP contribution in [0.15, 0.2) is 81.7 Å². The van der Waals surface area contributed by atoms with Crippen LogP contribution in [0.1, 0.15) is 62.6 Å². The number of carbonyl (C=O) groups is 3. The van der Waals surface area contributed by atoms with Crippen LogP contribution in [0, 0.1) is 0 Å². The third kappa shape index (κ3) is 10.5. The van der Waals surface area contributed by atoms with Crippen molar-refractivity contribution in [1.82, 2.24) is 16.0 Å². The average Bonchev–Trinajstić information content (AvgIpc) is 2.94. The van der Waals surface area contributed by atoms with E-state index in [-0.39, 0.29) is 18.4 Å². The van der Waals surface area contributed by atoms with E-state index in [1.54, 1.807) is 20.8 Å². The Balaban J connectivity index is 1.72. The summed E-state index contributed by atoms with van der Waals surface area (Å²) in [4.78, 5) is 39.2. The van der Waals surface area contributed by atoms with Crippen molar-refractivity contribution in [2.24, 2.45) is 0 Å². The standard InChI is InChI=1S/C32H38Br2N4O4/c1-32(2,3)42-31(41)36-17-11-10-16-26(29(39)37-20-21-18-24(33)28(35)25(34)19-21)38-30(40)27(22-12-6-4-7-13-22)23-14-8-5-9-15-23/h4-9,12-15,18-19,26-27H,10-11,16-17,20,35H2,1-3H3,(H,36,41)(H,37,39)(H,38,40). The van der Waals surface area contributed by atoms with Crippen LogP contribution >= 0.6 is 31.9 Å². The molecule has 10 heteroatoms. The maximum absolute atomic E-state index is 13.8. The zero-order chi connectivity index (χ0) is 30.7. The molecule has 3 aromatic rings. The van der Waals surface area contributed by atoms with Gasteiger partial charge >= 0.3 is 6.09 Å². The van der Waals surface area contributed by atoms with E-state index >= 15 is 0 Å². The summed E-state index contributed by atoms with van der Waals surface area (Å²) in [5.74, 6) is -1.15. The Hall–Kier alpha value is -3.37. The van der Waals surface area contributed by atoms with Gasteiger partial charge in [0.05, 0.1) is 11.6 Å². The number of hydrogen-bond acceptors (Lipinski definition) is 5. The molecule has 0 aromatic heterocycles. The van der Waals surface area contributed by atoms with Crippen molar-refractivity contribution in [3.8, 4) is 0 Å². The number of benzene rings is 3. The third-order valence-electron chi connectivity index (χ3n) is 6.35. The summed E-state index contributed by atoms with van der Waals surface area (Å²) >= 11 is 6.87. The van der Waals surface area contributed by atoms with Crippen LogP contribution in [0.25, 0.3) is 0 Å². The fourth-order valence-electron chi connectivity index (χ4n) is 4.34. The van der Waals surface area contributed by atoms with E-state index in [1.807, 2.05) is 72.8 Å². The molecule has 0 aliphatic carbocycles. The van der Waals surface area contributed by atoms with Gasteiger partial charge in [-0.2, -0.15) is 0 Å². The molecule has 8 nitrogen and oxygen atoms in total. The van der Waals surface area contributed by atoms with Crippen molar-refractivity contribution in [3.63, 3.8) is 0 Å². The van der Waals surface area contributed by atoms with Crippen LogP contribution in [0.2, 0.25) is 0 Å². The molecule has 3 rings (SSSR count). The van der Waals surface area contributed by atoms with E-state index < -0.39 is 23.7 Å². The zero-order valence-corrected chi connectivity index (χ0v) is 27.3. The number of nitrogens with one attached hydrogen (secondary N) is 3. The van der Waals surface area contributed by atoms with Gasteiger partial charge in [-0.1, -0.05) is 60.7 Å². The van der Waals surface area contributed by atoms with Gasteiger partial charge < -0.3 is 26.4 Å². The molecule has 5 N–H and O–H groups in total. The van der Waals surface area contributed by atoms with Crippen molar-refractivity contribution in [1.29, 1.82) is 0 Å². The number of nitrogen functional groups attached to an aromatic ring is 1. The smallest absolute Gasteiger partial charge is 0.407 e. The van der Waals surface area contributed by atoms with Gasteiger partial charge in [0.2, 0.25) is 11.8 Å². The highest BCUT2D eigenvalue weighted by atomic mass is 79.9. The van der Waals surface area contributed by atoms with E-state index in [0.717, 1.165) is 25.6 Å². The van der Waals surface area contributed by atoms with Crippen LogP contribution in [-0.2, 0) is 20.9 Å². The summed E-state index contributed by atoms with van der Waals surface area (Å²) in [7, 11) is 0. The number of ether oxygens (including phenoxy) is 1. The molecule has 3 amide bonds. The number of halogens is 2. The van der Waals surface area contributed by atoms with Gasteiger partial charge in [-0.15, -0.1) is 0 Å². The first-order chi connectivity index (χ1) is 19.9. The topological polar surface area (TPSA) is 123 Å². The second kappa shape index (κ2) is 15.7. The molecule has 0 aliphatic rings. The fourth-order valence-corrected chi connectivity index (χ4v) is 5.62. The zero-order valence-electron chi connectivity index (χ0n) is 24.1. The lowest BCUT2D eigenvalue weighted by atomic mass is 9.90. The number of carbonyl (C=O) groups excluding carboxylic acids is 3. The summed E-state index contributed by atoms with van der Waals surface area (Å²) in [5.41, 5.74) is 8.50. The highest BCUT2D eigenvalue weighted by Gasteiger charge is 2.28. The quantitative estimate of drug-likeness (QED) is 0.128. The molecule has 3 aromatic carbocycles. The number of amides is 3. The predicted molar refractivity (Wildman–Crippen MR) is 173 cm³/mol. The van der Waals surface area contributed by atoms with Gasteiger partial charge in [0.25, 0.3) is 0 Å². The van der Waals surface area contributed by atoms with Crippen LogP contribution in [0.5, 0.6) is 0 Å². The molecular formula is C32H38Br2N4O4. The van der Waals surface area contributed by atoms with Crippen molar-refractivity contribution in [2.75, 3.05) is 12.3 Å². The lowest BCUT2D eigenvalue weighted by Gasteiger charge is -2.23. The normalized spacial score (nSPS) is 12.0. The van der Waals surface area contributed by atoms with Crippen LogP contribution in [-0.4, -0.2) is 36.1 Å². The van der Waals surface area contributed by atoms with Gasteiger partial charge in [0, 0.05) is 22.0 Å². The minimum atomic E-state index is -0.783. The molecule has 1 atom stereocenters. The molecule has 0 saturated heterocycles. The van der Waals surface area contributed by atoms with Gasteiger partial charge in [-0.3, -0.25) is 9.59 Å². The van der Waals surface area contributed by atoms with E-state index in [4.69, 9.17) is 10.5 Å². The number of anilines is 1. The summed E-state index contributed by atoms with van der Waals surface area (Å²) in [5, 5.41) is 8.70. The molecule has 0 saturated carbocycles. The molecule has 224 valence electrons. The first-order valence-corrected chi connectivity index (χ1v) is 15.4. The lowest BCUT2D eigenvalue weighted by molar-refractivity contribution is -0.129. The molecule has 0 spiro atoms. The summed E-state index contributed by atoms with van der Waals surface area (Å²) < 4.78 is 6.72. The van der Waals surface area contributed by atoms with Crippen molar-refractivity contribution in [3.05, 3.63) is 98.4 Å². The highest BCUT2D eigenvalue weighted by molar-refractivity contribution is 9.11. The largest absolute Gasteiger partial charge is 0.444 e. The Bertz CT molecular complexity index is 1290. The molecule has 0 bridgehead atoms. The lowest BCUT2D eigenvalue weighted by Crippen LogP contribution is -2.48. The maximum Gasteiger partial charge on any atom is 0.407 e. The molecular weight excluding hydrogens is 664 g/mol. The summed E-state index contributed by atoms with van der Waals surface area (Å²) in [6, 6.07) is 21.9. The van der Waals surface area contributed by atoms with E-state index in [2.05, 4.69) is 47.8 Å². The molecule has 1 unspecified atom stereocenters. The summed E-state index contributed by atoms with van der Waals surface area (Å²) in [6.45, 7) is 6.06. The number of alkyl carbamates (subject to hydrolysis) is 1. The van der Waals surface area contributed by atoms with Crippen LogP contribution in [0.3, 0.4) is 0 Å². The highest BCUT2D eigenvalue weighted by Crippen LogP contribution is 2.29. The number of nitrogens with two attached hydrogens (primary N) is 1. The second-order valence-corrected chi connectivity index (χ2v) is 12.6. The minimum Gasteiger partial charge on any atom is -0.444 e. The molecule has 0 radical (unpaired) electrons. The Kier molecular flexibility index (Phi) is 12.4. The van der Waals surface area contributed by atoms with E-state index in [1.165, 1.54) is 0 Å². The fraction of sp³-hybridized carbons (Fsp3) is 0.344. The Morgan fingerprint density at radius 1 is 0.833 bits per heavy atom. The second-order valence-electron chi connectivity index (χ2n) is 10.9. The minimum absolute atomic E-state index is 0.254. The van der Waals surface area contributed by atoms with Gasteiger partial charge in [0.15, 0.2) is 0 Å². The Morgan fingerprint density at radius 2 is 1.38 bits per heavy atom. The van der Waals surface area contributed by atoms with Crippen molar-refractivity contribution >= 4 is 55.5 Å². The third-order valence-corrected chi connectivity index (χ3v) is 7.67. The number of unbranched alkanes of at least 4 members (excludes halogenated alkanes) is 1. The van der Waals surface area contributed by atoms with Gasteiger partial charge in [-0.25, -0.2) is 4.79 Å². The SMILES string of the molecule is CC(C)(C)OC(=O)NCCCCC(NC(=O)C(c1ccccc1)c1ccccc1)C(=O)NCc1cc(Br)c(N)c(Br)c1. The molecule has 42 heavy (non-hydrogen) atoms. The van der Waals surface area contributed by atoms with E-state index in [0.29, 0.717) is 31.5 Å². The summed E-state index contributed by atoms with van der Waals surface area (Å²) in [6.07, 6.45) is 1.10. The number of rotatable bonds is 12. The first kappa shape index (κ1) is 33.1. The average molecular weight is 702 g/mol. The van der Waals surface area contributed by atoms with Gasteiger partial charge in [0.1, 0.15) is 11.6 Å². The monoisotopic (exact) mass is 700 g/mol. The van der Waals surface area contributed by atoms with Crippen LogP contribution in [0.4, 0.5) is 10.5 Å². The Morgan fingerprint density at radius 3 is 1.90 bits per heavy atom. The molecule has 0 heterocycles. The predicted octanol–water partition coefficient (Wildman–Crippen LogP) is 6.42. The maximum atomic E-state index is 13.8. The molecule has 0 aliphatic heterocycles. The van der Waals surface area contributed by atoms with Gasteiger partial charge in [-0.05, 0) is 101 Å². The first-order valence-electron chi connectivity index (χ1n) is 13.8. The van der Waals surface area contributed by atoms with E-state index in [9.17, 15) is 14.4 Å². The van der Waals surface area contributed by atoms with Crippen molar-refractivity contribution in [2.45, 2.75) is 64.1 Å². The van der Waals surface area contributed by atoms with Crippen molar-refractivity contribution < 1.29 is 19.1 Å². The molecule has 0 fully saturated rings. The Labute approximate surface area is 264 Å².